The van der Waals surface area contributed by atoms with Crippen LogP contribution < -0.4 is 10.6 Å². The lowest BCUT2D eigenvalue weighted by molar-refractivity contribution is 0.462. The molecule has 0 radical (unpaired) electrons. The molecule has 94 valence electrons. The van der Waals surface area contributed by atoms with E-state index in [4.69, 9.17) is 0 Å². The highest BCUT2D eigenvalue weighted by atomic mass is 79.9. The van der Waals surface area contributed by atoms with Gasteiger partial charge in [0.05, 0.1) is 0 Å². The first kappa shape index (κ1) is 13.1. The van der Waals surface area contributed by atoms with E-state index in [1.807, 2.05) is 0 Å². The molecule has 2 N–H and O–H groups in total. The Hall–Kier alpha value is -0.380. The summed E-state index contributed by atoms with van der Waals surface area (Å²) in [6, 6.07) is 9.78. The summed E-state index contributed by atoms with van der Waals surface area (Å²) < 4.78 is 1.15. The van der Waals surface area contributed by atoms with Gasteiger partial charge in [0.15, 0.2) is 0 Å². The van der Waals surface area contributed by atoms with Gasteiger partial charge in [0.2, 0.25) is 0 Å². The van der Waals surface area contributed by atoms with Crippen LogP contribution in [-0.4, -0.2) is 19.1 Å². The zero-order chi connectivity index (χ0) is 12.1. The largest absolute Gasteiger partial charge is 0.313 e. The third kappa shape index (κ3) is 3.80. The van der Waals surface area contributed by atoms with E-state index in [1.54, 1.807) is 0 Å². The van der Waals surface area contributed by atoms with E-state index in [1.165, 1.54) is 24.9 Å². The zero-order valence-corrected chi connectivity index (χ0v) is 12.0. The normalized spacial score (nSPS) is 21.6. The van der Waals surface area contributed by atoms with Crippen LogP contribution in [0.25, 0.3) is 0 Å². The van der Waals surface area contributed by atoms with Crippen molar-refractivity contribution in [2.24, 2.45) is 0 Å². The van der Waals surface area contributed by atoms with Crippen molar-refractivity contribution in [1.82, 2.24) is 10.6 Å². The highest BCUT2D eigenvalue weighted by molar-refractivity contribution is 9.10. The van der Waals surface area contributed by atoms with Gasteiger partial charge in [0.25, 0.3) is 0 Å². The molecule has 1 aliphatic heterocycles. The average molecular weight is 297 g/mol. The van der Waals surface area contributed by atoms with E-state index in [-0.39, 0.29) is 0 Å². The zero-order valence-electron chi connectivity index (χ0n) is 10.4. The lowest BCUT2D eigenvalue weighted by atomic mass is 10.0. The Bertz CT molecular complexity index is 331. The van der Waals surface area contributed by atoms with E-state index in [0.29, 0.717) is 12.1 Å². The summed E-state index contributed by atoms with van der Waals surface area (Å²) in [6.07, 6.45) is 3.76. The Labute approximate surface area is 112 Å². The second-order valence-corrected chi connectivity index (χ2v) is 5.63. The quantitative estimate of drug-likeness (QED) is 0.872. The summed E-state index contributed by atoms with van der Waals surface area (Å²) >= 11 is 3.48. The minimum atomic E-state index is 0.477. The lowest BCUT2D eigenvalue weighted by Gasteiger charge is -2.20. The highest BCUT2D eigenvalue weighted by Crippen LogP contribution is 2.19. The molecule has 17 heavy (non-hydrogen) atoms. The van der Waals surface area contributed by atoms with Gasteiger partial charge in [0, 0.05) is 23.1 Å². The Morgan fingerprint density at radius 2 is 2.18 bits per heavy atom. The van der Waals surface area contributed by atoms with Gasteiger partial charge in [-0.05, 0) is 43.5 Å². The summed E-state index contributed by atoms with van der Waals surface area (Å²) in [6.45, 7) is 4.50. The standard InChI is InChI=1S/C14H21BrN2/c1-2-14(11-5-7-12(15)8-6-11)17-10-13-4-3-9-16-13/h5-8,13-14,16-17H,2-4,9-10H2,1H3. The fourth-order valence-corrected chi connectivity index (χ4v) is 2.67. The Morgan fingerprint density at radius 3 is 2.76 bits per heavy atom. The third-order valence-corrected chi connectivity index (χ3v) is 3.98. The van der Waals surface area contributed by atoms with Crippen LogP contribution in [0.4, 0.5) is 0 Å². The van der Waals surface area contributed by atoms with Crippen LogP contribution in [0, 0.1) is 0 Å². The van der Waals surface area contributed by atoms with Crippen LogP contribution in [0.15, 0.2) is 28.7 Å². The first-order chi connectivity index (χ1) is 8.29. The monoisotopic (exact) mass is 296 g/mol. The number of benzene rings is 1. The summed E-state index contributed by atoms with van der Waals surface area (Å²) in [5, 5.41) is 7.20. The van der Waals surface area contributed by atoms with Crippen molar-refractivity contribution in [1.29, 1.82) is 0 Å². The number of rotatable bonds is 5. The fraction of sp³-hybridized carbons (Fsp3) is 0.571. The van der Waals surface area contributed by atoms with Crippen molar-refractivity contribution in [2.75, 3.05) is 13.1 Å². The van der Waals surface area contributed by atoms with Crippen molar-refractivity contribution in [3.63, 3.8) is 0 Å². The Balaban J connectivity index is 1.89. The molecule has 1 fully saturated rings. The topological polar surface area (TPSA) is 24.1 Å². The molecule has 0 spiro atoms. The molecule has 2 nitrogen and oxygen atoms in total. The van der Waals surface area contributed by atoms with Gasteiger partial charge in [-0.3, -0.25) is 0 Å². The number of halogens is 1. The molecule has 0 aromatic heterocycles. The highest BCUT2D eigenvalue weighted by Gasteiger charge is 2.16. The van der Waals surface area contributed by atoms with Crippen molar-refractivity contribution >= 4 is 15.9 Å². The van der Waals surface area contributed by atoms with Gasteiger partial charge in [-0.15, -0.1) is 0 Å². The Kier molecular flexibility index (Phi) is 5.01. The maximum atomic E-state index is 3.67. The molecule has 2 atom stereocenters. The molecule has 0 saturated carbocycles. The number of hydrogen-bond donors (Lipinski definition) is 2. The second-order valence-electron chi connectivity index (χ2n) is 4.71. The summed E-state index contributed by atoms with van der Waals surface area (Å²) in [7, 11) is 0. The van der Waals surface area contributed by atoms with E-state index in [2.05, 4.69) is 57.8 Å². The molecule has 0 bridgehead atoms. The predicted octanol–water partition coefficient (Wildman–Crippen LogP) is 3.24. The molecular formula is C14H21BrN2. The molecule has 0 aliphatic carbocycles. The molecule has 2 unspecified atom stereocenters. The van der Waals surface area contributed by atoms with Crippen LogP contribution in [0.2, 0.25) is 0 Å². The van der Waals surface area contributed by atoms with Crippen molar-refractivity contribution in [3.8, 4) is 0 Å². The lowest BCUT2D eigenvalue weighted by Crippen LogP contribution is -2.35. The second kappa shape index (κ2) is 6.53. The van der Waals surface area contributed by atoms with Crippen LogP contribution in [0.1, 0.15) is 37.8 Å². The van der Waals surface area contributed by atoms with E-state index in [9.17, 15) is 0 Å². The third-order valence-electron chi connectivity index (χ3n) is 3.45. The fourth-order valence-electron chi connectivity index (χ4n) is 2.41. The van der Waals surface area contributed by atoms with Crippen molar-refractivity contribution in [3.05, 3.63) is 34.3 Å². The molecule has 1 aromatic rings. The number of hydrogen-bond acceptors (Lipinski definition) is 2. The molecule has 1 aliphatic rings. The van der Waals surface area contributed by atoms with Crippen molar-refractivity contribution in [2.45, 2.75) is 38.3 Å². The van der Waals surface area contributed by atoms with E-state index < -0.39 is 0 Å². The van der Waals surface area contributed by atoms with Gasteiger partial charge in [-0.2, -0.15) is 0 Å². The summed E-state index contributed by atoms with van der Waals surface area (Å²) in [5.74, 6) is 0. The molecule has 1 aromatic carbocycles. The molecule has 3 heteroatoms. The maximum absolute atomic E-state index is 3.67. The van der Waals surface area contributed by atoms with Crippen molar-refractivity contribution < 1.29 is 0 Å². The molecular weight excluding hydrogens is 276 g/mol. The van der Waals surface area contributed by atoms with Gasteiger partial charge < -0.3 is 10.6 Å². The predicted molar refractivity (Wildman–Crippen MR) is 76.2 cm³/mol. The first-order valence-electron chi connectivity index (χ1n) is 6.52. The van der Waals surface area contributed by atoms with E-state index in [0.717, 1.165) is 17.4 Å². The smallest absolute Gasteiger partial charge is 0.0318 e. The summed E-state index contributed by atoms with van der Waals surface area (Å²) in [5.41, 5.74) is 1.38. The van der Waals surface area contributed by atoms with Gasteiger partial charge in [-0.1, -0.05) is 35.0 Å². The summed E-state index contributed by atoms with van der Waals surface area (Å²) in [4.78, 5) is 0. The molecule has 1 saturated heterocycles. The minimum Gasteiger partial charge on any atom is -0.313 e. The minimum absolute atomic E-state index is 0.477. The molecule has 2 rings (SSSR count). The maximum Gasteiger partial charge on any atom is 0.0318 e. The van der Waals surface area contributed by atoms with Crippen LogP contribution in [-0.2, 0) is 0 Å². The van der Waals surface area contributed by atoms with Crippen LogP contribution >= 0.6 is 15.9 Å². The Morgan fingerprint density at radius 1 is 1.41 bits per heavy atom. The van der Waals surface area contributed by atoms with Gasteiger partial charge in [0.1, 0.15) is 0 Å². The van der Waals surface area contributed by atoms with E-state index >= 15 is 0 Å². The average Bonchev–Trinajstić information content (AvgIpc) is 2.85. The first-order valence-corrected chi connectivity index (χ1v) is 7.31. The molecule has 0 amide bonds. The number of nitrogens with one attached hydrogen (secondary N) is 2. The van der Waals surface area contributed by atoms with Crippen LogP contribution in [0.5, 0.6) is 0 Å². The molecule has 1 heterocycles. The van der Waals surface area contributed by atoms with Gasteiger partial charge in [-0.25, -0.2) is 0 Å². The SMILES string of the molecule is CCC(NCC1CCCN1)c1ccc(Br)cc1. The van der Waals surface area contributed by atoms with Gasteiger partial charge >= 0.3 is 0 Å². The van der Waals surface area contributed by atoms with Crippen LogP contribution in [0.3, 0.4) is 0 Å².